The van der Waals surface area contributed by atoms with Crippen LogP contribution in [0.4, 0.5) is 0 Å². The van der Waals surface area contributed by atoms with E-state index in [0.717, 1.165) is 12.8 Å². The van der Waals surface area contributed by atoms with Gasteiger partial charge in [-0.05, 0) is 6.42 Å². The van der Waals surface area contributed by atoms with Gasteiger partial charge in [0.05, 0.1) is 12.7 Å². The minimum Gasteiger partial charge on any atom is -0.394 e. The summed E-state index contributed by atoms with van der Waals surface area (Å²) in [5.41, 5.74) is 0. The highest BCUT2D eigenvalue weighted by atomic mass is 16.4. The molecule has 5 heteroatoms. The second-order valence-electron chi connectivity index (χ2n) is 6.17. The Morgan fingerprint density at radius 2 is 1.41 bits per heavy atom. The lowest BCUT2D eigenvalue weighted by molar-refractivity contribution is -0.132. The molecule has 0 bridgehead atoms. The molecule has 0 aromatic carbocycles. The second-order valence-corrected chi connectivity index (χ2v) is 6.17. The van der Waals surface area contributed by atoms with E-state index in [9.17, 15) is 15.0 Å². The van der Waals surface area contributed by atoms with Gasteiger partial charge in [-0.25, -0.2) is 0 Å². The van der Waals surface area contributed by atoms with E-state index in [1.807, 2.05) is 0 Å². The zero-order valence-electron chi connectivity index (χ0n) is 14.3. The number of likely N-dealkylation sites (N-methyl/N-ethyl adjacent to an activating group) is 1. The molecule has 0 aliphatic heterocycles. The van der Waals surface area contributed by atoms with Gasteiger partial charge < -0.3 is 20.2 Å². The molecule has 22 heavy (non-hydrogen) atoms. The lowest BCUT2D eigenvalue weighted by atomic mass is 10.1. The van der Waals surface area contributed by atoms with Crippen molar-refractivity contribution in [3.63, 3.8) is 0 Å². The van der Waals surface area contributed by atoms with Gasteiger partial charge >= 0.3 is 0 Å². The third kappa shape index (κ3) is 11.0. The van der Waals surface area contributed by atoms with E-state index in [1.165, 1.54) is 49.8 Å². The first kappa shape index (κ1) is 21.4. The van der Waals surface area contributed by atoms with Gasteiger partial charge in [0.1, 0.15) is 6.10 Å². The van der Waals surface area contributed by atoms with Crippen LogP contribution in [0.5, 0.6) is 0 Å². The summed E-state index contributed by atoms with van der Waals surface area (Å²) in [6.07, 6.45) is 9.11. The van der Waals surface area contributed by atoms with Crippen molar-refractivity contribution in [2.45, 2.75) is 83.3 Å². The van der Waals surface area contributed by atoms with Crippen molar-refractivity contribution in [3.8, 4) is 0 Å². The second kappa shape index (κ2) is 14.0. The molecule has 0 saturated heterocycles. The van der Waals surface area contributed by atoms with Crippen LogP contribution in [0.15, 0.2) is 0 Å². The summed E-state index contributed by atoms with van der Waals surface area (Å²) < 4.78 is 0. The molecule has 5 nitrogen and oxygen atoms in total. The quantitative estimate of drug-likeness (QED) is 0.428. The molecule has 0 fully saturated rings. The van der Waals surface area contributed by atoms with Gasteiger partial charge in [0.15, 0.2) is 0 Å². The molecule has 0 aliphatic rings. The maximum absolute atomic E-state index is 11.9. The van der Waals surface area contributed by atoms with E-state index in [0.29, 0.717) is 6.42 Å². The number of aliphatic hydroxyl groups is 3. The van der Waals surface area contributed by atoms with Crippen LogP contribution in [0.25, 0.3) is 0 Å². The molecule has 2 atom stereocenters. The summed E-state index contributed by atoms with van der Waals surface area (Å²) in [6.45, 7) is 1.77. The van der Waals surface area contributed by atoms with Crippen LogP contribution in [-0.4, -0.2) is 58.5 Å². The van der Waals surface area contributed by atoms with Crippen LogP contribution < -0.4 is 0 Å². The van der Waals surface area contributed by atoms with Gasteiger partial charge in [-0.2, -0.15) is 0 Å². The van der Waals surface area contributed by atoms with Gasteiger partial charge in [0, 0.05) is 20.0 Å². The largest absolute Gasteiger partial charge is 0.394 e. The molecule has 0 aromatic heterocycles. The molecular weight excluding hydrogens is 282 g/mol. The molecule has 1 unspecified atom stereocenters. The average molecular weight is 317 g/mol. The SMILES string of the molecule is CCCCCCCCCCCC(=O)N(C)CC(O)[C@H](O)CO. The minimum absolute atomic E-state index is 0.0212. The standard InChI is InChI=1S/C17H35NO4/c1-3-4-5-6-7-8-9-10-11-12-17(22)18(2)13-15(20)16(21)14-19/h15-16,19-21H,3-14H2,1-2H3/t15?,16-/m1/s1. The van der Waals surface area contributed by atoms with Gasteiger partial charge in [-0.15, -0.1) is 0 Å². The van der Waals surface area contributed by atoms with Crippen molar-refractivity contribution in [3.05, 3.63) is 0 Å². The Kier molecular flexibility index (Phi) is 13.6. The third-order valence-electron chi connectivity index (χ3n) is 4.01. The fourth-order valence-electron chi connectivity index (χ4n) is 2.40. The summed E-state index contributed by atoms with van der Waals surface area (Å²) in [5, 5.41) is 27.6. The zero-order valence-corrected chi connectivity index (χ0v) is 14.3. The van der Waals surface area contributed by atoms with Gasteiger partial charge in [-0.1, -0.05) is 58.3 Å². The fraction of sp³-hybridized carbons (Fsp3) is 0.941. The average Bonchev–Trinajstić information content (AvgIpc) is 2.51. The van der Waals surface area contributed by atoms with E-state index in [2.05, 4.69) is 6.92 Å². The van der Waals surface area contributed by atoms with Crippen molar-refractivity contribution >= 4 is 5.91 Å². The number of hydrogen-bond acceptors (Lipinski definition) is 4. The molecule has 0 aromatic rings. The molecule has 0 spiro atoms. The molecule has 132 valence electrons. The minimum atomic E-state index is -1.19. The van der Waals surface area contributed by atoms with Crippen molar-refractivity contribution in [2.75, 3.05) is 20.2 Å². The van der Waals surface area contributed by atoms with Gasteiger partial charge in [-0.3, -0.25) is 4.79 Å². The van der Waals surface area contributed by atoms with E-state index in [4.69, 9.17) is 5.11 Å². The summed E-state index contributed by atoms with van der Waals surface area (Å²) in [5.74, 6) is -0.0212. The van der Waals surface area contributed by atoms with Crippen LogP contribution in [-0.2, 0) is 4.79 Å². The zero-order chi connectivity index (χ0) is 16.8. The summed E-state index contributed by atoms with van der Waals surface area (Å²) >= 11 is 0. The van der Waals surface area contributed by atoms with Crippen molar-refractivity contribution in [1.29, 1.82) is 0 Å². The van der Waals surface area contributed by atoms with Crippen LogP contribution >= 0.6 is 0 Å². The van der Waals surface area contributed by atoms with Crippen LogP contribution in [0, 0.1) is 0 Å². The molecular formula is C17H35NO4. The maximum Gasteiger partial charge on any atom is 0.222 e. The smallest absolute Gasteiger partial charge is 0.222 e. The monoisotopic (exact) mass is 317 g/mol. The highest BCUT2D eigenvalue weighted by Gasteiger charge is 2.19. The normalized spacial score (nSPS) is 13.9. The van der Waals surface area contributed by atoms with Crippen LogP contribution in [0.2, 0.25) is 0 Å². The number of unbranched alkanes of at least 4 members (excludes halogenated alkanes) is 8. The number of rotatable bonds is 14. The Hall–Kier alpha value is -0.650. The molecule has 0 rings (SSSR count). The van der Waals surface area contributed by atoms with E-state index in [1.54, 1.807) is 7.05 Å². The highest BCUT2D eigenvalue weighted by Crippen LogP contribution is 2.11. The topological polar surface area (TPSA) is 81.0 Å². The number of nitrogens with zero attached hydrogens (tertiary/aromatic N) is 1. The summed E-state index contributed by atoms with van der Waals surface area (Å²) in [4.78, 5) is 13.3. The number of aliphatic hydroxyl groups excluding tert-OH is 3. The van der Waals surface area contributed by atoms with Crippen molar-refractivity contribution in [1.82, 2.24) is 4.90 Å². The lowest BCUT2D eigenvalue weighted by Gasteiger charge is -2.23. The Morgan fingerprint density at radius 3 is 1.91 bits per heavy atom. The van der Waals surface area contributed by atoms with Gasteiger partial charge in [0.25, 0.3) is 0 Å². The molecule has 0 radical (unpaired) electrons. The lowest BCUT2D eigenvalue weighted by Crippen LogP contribution is -2.41. The number of carbonyl (C=O) groups is 1. The molecule has 0 heterocycles. The Balaban J connectivity index is 3.56. The molecule has 0 saturated carbocycles. The van der Waals surface area contributed by atoms with E-state index >= 15 is 0 Å². The number of carbonyl (C=O) groups excluding carboxylic acids is 1. The fourth-order valence-corrected chi connectivity index (χ4v) is 2.40. The summed E-state index contributed by atoms with van der Waals surface area (Å²) in [7, 11) is 1.61. The Bertz CT molecular complexity index is 273. The van der Waals surface area contributed by atoms with Crippen molar-refractivity contribution < 1.29 is 20.1 Å². The first-order chi connectivity index (χ1) is 10.5. The van der Waals surface area contributed by atoms with E-state index < -0.39 is 18.8 Å². The molecule has 3 N–H and O–H groups in total. The predicted molar refractivity (Wildman–Crippen MR) is 88.6 cm³/mol. The highest BCUT2D eigenvalue weighted by molar-refractivity contribution is 5.75. The van der Waals surface area contributed by atoms with Crippen molar-refractivity contribution in [2.24, 2.45) is 0 Å². The first-order valence-corrected chi connectivity index (χ1v) is 8.73. The van der Waals surface area contributed by atoms with E-state index in [-0.39, 0.29) is 12.5 Å². The van der Waals surface area contributed by atoms with Crippen LogP contribution in [0.3, 0.4) is 0 Å². The Morgan fingerprint density at radius 1 is 0.909 bits per heavy atom. The third-order valence-corrected chi connectivity index (χ3v) is 4.01. The maximum atomic E-state index is 11.9. The predicted octanol–water partition coefficient (Wildman–Crippen LogP) is 2.08. The van der Waals surface area contributed by atoms with Crippen LogP contribution in [0.1, 0.15) is 71.1 Å². The molecule has 0 aliphatic carbocycles. The summed E-state index contributed by atoms with van der Waals surface area (Å²) in [6, 6.07) is 0. The molecule has 1 amide bonds. The first-order valence-electron chi connectivity index (χ1n) is 8.73. The number of hydrogen-bond donors (Lipinski definition) is 3. The number of amides is 1. The van der Waals surface area contributed by atoms with Gasteiger partial charge in [0.2, 0.25) is 5.91 Å². The Labute approximate surface area is 135 Å².